The molecule has 186 valence electrons. The smallest absolute Gasteiger partial charge is 0.412 e. The Morgan fingerprint density at radius 2 is 2.00 bits per heavy atom. The summed E-state index contributed by atoms with van der Waals surface area (Å²) < 4.78 is 72.5. The molecule has 4 fully saturated rings. The molecule has 3 heterocycles. The number of aliphatic imine (C=N–C) groups is 1. The van der Waals surface area contributed by atoms with Crippen LogP contribution >= 0.6 is 11.8 Å². The maximum atomic E-state index is 14.2. The zero-order valence-electron chi connectivity index (χ0n) is 18.1. The summed E-state index contributed by atoms with van der Waals surface area (Å²) in [7, 11) is 0. The number of amides is 2. The Balaban J connectivity index is 1.26. The minimum Gasteiger partial charge on any atom is -0.472 e. The number of thioether (sulfide) groups is 1. The molecule has 0 aromatic carbocycles. The van der Waals surface area contributed by atoms with E-state index in [-0.39, 0.29) is 42.9 Å². The van der Waals surface area contributed by atoms with E-state index in [0.717, 1.165) is 0 Å². The summed E-state index contributed by atoms with van der Waals surface area (Å²) in [5.74, 6) is -5.71. The number of carbonyl (C=O) groups is 2. The molecule has 2 saturated heterocycles. The SMILES string of the molecule is O=C(c1ccoc1)N1CCC(CC2(C(F)(F)F)SC(=N[C@H]3C[C@H]4C[C@@H]3CC4(F)F)NC2=O)CC1. The van der Waals surface area contributed by atoms with Gasteiger partial charge in [0.1, 0.15) is 6.26 Å². The molecule has 34 heavy (non-hydrogen) atoms. The number of rotatable bonds is 4. The lowest BCUT2D eigenvalue weighted by Gasteiger charge is -2.36. The van der Waals surface area contributed by atoms with Crippen LogP contribution in [0, 0.1) is 17.8 Å². The maximum absolute atomic E-state index is 14.2. The summed E-state index contributed by atoms with van der Waals surface area (Å²) in [5.41, 5.74) is 0.384. The van der Waals surface area contributed by atoms with E-state index in [1.165, 1.54) is 18.6 Å². The molecule has 1 aromatic rings. The van der Waals surface area contributed by atoms with E-state index < -0.39 is 47.1 Å². The summed E-state index contributed by atoms with van der Waals surface area (Å²) >= 11 is 0.370. The Kier molecular flexibility index (Phi) is 5.72. The molecule has 2 aliphatic heterocycles. The number of nitrogens with zero attached hydrogens (tertiary/aromatic N) is 2. The minimum atomic E-state index is -4.82. The molecule has 1 unspecified atom stereocenters. The van der Waals surface area contributed by atoms with Gasteiger partial charge in [0.2, 0.25) is 0 Å². The minimum absolute atomic E-state index is 0.125. The molecular weight excluding hydrogens is 481 g/mol. The second-order valence-corrected chi connectivity index (χ2v) is 11.0. The summed E-state index contributed by atoms with van der Waals surface area (Å²) in [5, 5.41) is 2.16. The number of hydrogen-bond acceptors (Lipinski definition) is 5. The molecule has 2 bridgehead atoms. The van der Waals surface area contributed by atoms with Crippen LogP contribution in [0.5, 0.6) is 0 Å². The highest BCUT2D eigenvalue weighted by molar-refractivity contribution is 8.16. The van der Waals surface area contributed by atoms with Gasteiger partial charge in [0.15, 0.2) is 9.91 Å². The van der Waals surface area contributed by atoms with Crippen LogP contribution in [0.4, 0.5) is 22.0 Å². The number of piperidine rings is 1. The molecule has 0 spiro atoms. The van der Waals surface area contributed by atoms with Crippen LogP contribution in [0.3, 0.4) is 0 Å². The van der Waals surface area contributed by atoms with Crippen molar-refractivity contribution in [3.05, 3.63) is 24.2 Å². The fraction of sp³-hybridized carbons (Fsp3) is 0.682. The van der Waals surface area contributed by atoms with Gasteiger partial charge >= 0.3 is 6.18 Å². The summed E-state index contributed by atoms with van der Waals surface area (Å²) in [6.07, 6.45) is -1.73. The molecule has 2 saturated carbocycles. The largest absolute Gasteiger partial charge is 0.472 e. The normalized spacial score (nSPS) is 34.7. The zero-order chi connectivity index (χ0) is 24.3. The molecule has 12 heteroatoms. The lowest BCUT2D eigenvalue weighted by molar-refractivity contribution is -0.173. The molecule has 0 radical (unpaired) electrons. The number of amidine groups is 1. The van der Waals surface area contributed by atoms with E-state index in [4.69, 9.17) is 4.42 Å². The average Bonchev–Trinajstić information content (AvgIpc) is 3.52. The molecule has 1 N–H and O–H groups in total. The lowest BCUT2D eigenvalue weighted by Crippen LogP contribution is -2.51. The van der Waals surface area contributed by atoms with E-state index in [2.05, 4.69) is 10.3 Å². The standard InChI is InChI=1S/C22H24F5N3O3S/c23-21(24)10-14-7-15(21)8-16(14)28-19-29-18(32)20(34-19,22(25,26)27)9-12-1-4-30(5-2-12)17(31)13-3-6-33-11-13/h3,6,11-12,14-16H,1-2,4-5,7-10H2,(H,28,29,32)/t14-,15-,16+,20?/m1/s1. The number of alkyl halides is 5. The molecular formula is C22H24F5N3O3S. The van der Waals surface area contributed by atoms with Crippen molar-refractivity contribution < 1.29 is 36.0 Å². The zero-order valence-corrected chi connectivity index (χ0v) is 18.9. The van der Waals surface area contributed by atoms with Gasteiger partial charge in [-0.2, -0.15) is 13.2 Å². The number of hydrogen-bond donors (Lipinski definition) is 1. The van der Waals surface area contributed by atoms with Gasteiger partial charge in [-0.3, -0.25) is 14.6 Å². The van der Waals surface area contributed by atoms with Crippen LogP contribution < -0.4 is 5.32 Å². The van der Waals surface area contributed by atoms with E-state index in [1.54, 1.807) is 4.90 Å². The maximum Gasteiger partial charge on any atom is 0.412 e. The van der Waals surface area contributed by atoms with Gasteiger partial charge in [0.25, 0.3) is 17.7 Å². The highest BCUT2D eigenvalue weighted by Crippen LogP contribution is 2.56. The van der Waals surface area contributed by atoms with Gasteiger partial charge in [0.05, 0.1) is 17.9 Å². The van der Waals surface area contributed by atoms with E-state index in [0.29, 0.717) is 36.6 Å². The first kappa shape index (κ1) is 23.6. The average molecular weight is 506 g/mol. The van der Waals surface area contributed by atoms with Crippen molar-refractivity contribution in [1.82, 2.24) is 10.2 Å². The van der Waals surface area contributed by atoms with Crippen molar-refractivity contribution in [3.63, 3.8) is 0 Å². The molecule has 2 amide bonds. The summed E-state index contributed by atoms with van der Waals surface area (Å²) in [6.45, 7) is 0.574. The second kappa shape index (κ2) is 8.23. The van der Waals surface area contributed by atoms with E-state index >= 15 is 0 Å². The van der Waals surface area contributed by atoms with Crippen LogP contribution in [0.2, 0.25) is 0 Å². The van der Waals surface area contributed by atoms with Crippen LogP contribution in [-0.2, 0) is 4.79 Å². The van der Waals surface area contributed by atoms with Crippen LogP contribution in [0.15, 0.2) is 28.0 Å². The third-order valence-corrected chi connectivity index (χ3v) is 8.97. The molecule has 2 aliphatic carbocycles. The van der Waals surface area contributed by atoms with Gasteiger partial charge in [-0.15, -0.1) is 0 Å². The molecule has 5 rings (SSSR count). The predicted octanol–water partition coefficient (Wildman–Crippen LogP) is 4.48. The molecule has 6 nitrogen and oxygen atoms in total. The molecule has 4 aliphatic rings. The molecule has 1 aromatic heterocycles. The number of nitrogens with one attached hydrogen (secondary N) is 1. The van der Waals surface area contributed by atoms with E-state index in [1.807, 2.05) is 0 Å². The van der Waals surface area contributed by atoms with E-state index in [9.17, 15) is 31.5 Å². The fourth-order valence-corrected chi connectivity index (χ4v) is 6.98. The van der Waals surface area contributed by atoms with Crippen molar-refractivity contribution in [2.75, 3.05) is 13.1 Å². The van der Waals surface area contributed by atoms with Crippen LogP contribution in [-0.4, -0.2) is 57.9 Å². The number of fused-ring (bicyclic) bond motifs is 2. The topological polar surface area (TPSA) is 74.9 Å². The Bertz CT molecular complexity index is 990. The van der Waals surface area contributed by atoms with Gasteiger partial charge < -0.3 is 14.6 Å². The van der Waals surface area contributed by atoms with Gasteiger partial charge in [0, 0.05) is 25.4 Å². The first-order valence-electron chi connectivity index (χ1n) is 11.3. The Hall–Kier alpha value is -2.11. The number of halogens is 5. The summed E-state index contributed by atoms with van der Waals surface area (Å²) in [6, 6.07) is 1.04. The highest BCUT2D eigenvalue weighted by atomic mass is 32.2. The quantitative estimate of drug-likeness (QED) is 0.613. The van der Waals surface area contributed by atoms with Crippen LogP contribution in [0.25, 0.3) is 0 Å². The van der Waals surface area contributed by atoms with Crippen molar-refractivity contribution >= 4 is 28.7 Å². The Labute approximate surface area is 196 Å². The molecule has 4 atom stereocenters. The van der Waals surface area contributed by atoms with Crippen molar-refractivity contribution in [3.8, 4) is 0 Å². The van der Waals surface area contributed by atoms with Crippen molar-refractivity contribution in [2.24, 2.45) is 22.7 Å². The van der Waals surface area contributed by atoms with Gasteiger partial charge in [-0.05, 0) is 50.0 Å². The lowest BCUT2D eigenvalue weighted by atomic mass is 9.85. The van der Waals surface area contributed by atoms with Crippen molar-refractivity contribution in [1.29, 1.82) is 0 Å². The predicted molar refractivity (Wildman–Crippen MR) is 113 cm³/mol. The van der Waals surface area contributed by atoms with Crippen molar-refractivity contribution in [2.45, 2.75) is 61.4 Å². The number of likely N-dealkylation sites (tertiary alicyclic amines) is 1. The van der Waals surface area contributed by atoms with Gasteiger partial charge in [-0.1, -0.05) is 11.8 Å². The number of carbonyl (C=O) groups excluding carboxylic acids is 2. The van der Waals surface area contributed by atoms with Crippen LogP contribution in [0.1, 0.15) is 48.9 Å². The highest BCUT2D eigenvalue weighted by Gasteiger charge is 2.66. The first-order chi connectivity index (χ1) is 16.0. The summed E-state index contributed by atoms with van der Waals surface area (Å²) in [4.78, 5) is 31.0. The number of furan rings is 1. The van der Waals surface area contributed by atoms with Gasteiger partial charge in [-0.25, -0.2) is 8.78 Å². The first-order valence-corrected chi connectivity index (χ1v) is 12.1. The Morgan fingerprint density at radius 3 is 2.56 bits per heavy atom. The second-order valence-electron chi connectivity index (χ2n) is 9.73. The third kappa shape index (κ3) is 4.01. The fourth-order valence-electron chi connectivity index (χ4n) is 5.74. The monoisotopic (exact) mass is 505 g/mol. The third-order valence-electron chi connectivity index (χ3n) is 7.63. The Morgan fingerprint density at radius 1 is 1.26 bits per heavy atom.